The van der Waals surface area contributed by atoms with Gasteiger partial charge in [0.2, 0.25) is 0 Å². The molecule has 0 heterocycles. The Labute approximate surface area is 141 Å². The highest BCUT2D eigenvalue weighted by atomic mass is 14.8. The smallest absolute Gasteiger partial charge is 0.00489 e. The van der Waals surface area contributed by atoms with E-state index < -0.39 is 0 Å². The quantitative estimate of drug-likeness (QED) is 0.199. The van der Waals surface area contributed by atoms with E-state index in [9.17, 15) is 0 Å². The van der Waals surface area contributed by atoms with E-state index in [1.54, 1.807) is 0 Å². The first-order valence-corrected chi connectivity index (χ1v) is 10.2. The second-order valence-corrected chi connectivity index (χ2v) is 6.78. The number of nitrogens with one attached hydrogen (secondary N) is 1. The lowest BCUT2D eigenvalue weighted by Crippen LogP contribution is -2.16. The van der Waals surface area contributed by atoms with Crippen LogP contribution in [-0.2, 0) is 0 Å². The van der Waals surface area contributed by atoms with E-state index in [1.165, 1.54) is 116 Å². The van der Waals surface area contributed by atoms with Gasteiger partial charge >= 0.3 is 0 Å². The summed E-state index contributed by atoms with van der Waals surface area (Å²) in [7, 11) is 0. The van der Waals surface area contributed by atoms with Gasteiger partial charge in [-0.3, -0.25) is 0 Å². The van der Waals surface area contributed by atoms with E-state index in [-0.39, 0.29) is 0 Å². The molecule has 0 fully saturated rings. The number of hydrogen-bond acceptors (Lipinski definition) is 1. The molecule has 0 atom stereocenters. The third kappa shape index (κ3) is 19.7. The van der Waals surface area contributed by atoms with E-state index in [2.05, 4.69) is 18.8 Å². The molecule has 0 amide bonds. The minimum absolute atomic E-state index is 1.20. The van der Waals surface area contributed by atoms with Crippen LogP contribution in [0.3, 0.4) is 0 Å². The summed E-state index contributed by atoms with van der Waals surface area (Å²) in [4.78, 5) is 0. The molecule has 0 aliphatic carbocycles. The number of rotatable bonds is 19. The van der Waals surface area contributed by atoms with Gasteiger partial charge in [0.25, 0.3) is 0 Å². The van der Waals surface area contributed by atoms with Crippen LogP contribution in [0.2, 0.25) is 0 Å². The van der Waals surface area contributed by atoms with Crippen LogP contribution in [0, 0.1) is 0 Å². The molecule has 1 N–H and O–H groups in total. The lowest BCUT2D eigenvalue weighted by Gasteiger charge is -2.05. The number of unbranched alkanes of at least 4 members (excludes halogenated alkanes) is 14. The molecule has 1 nitrogen and oxygen atoms in total. The van der Waals surface area contributed by atoms with Crippen LogP contribution in [-0.4, -0.2) is 13.1 Å². The highest BCUT2D eigenvalue weighted by Gasteiger charge is 1.93. The molecule has 0 bridgehead atoms. The van der Waals surface area contributed by atoms with Crippen LogP contribution in [0.5, 0.6) is 0 Å². The van der Waals surface area contributed by atoms with Crippen LogP contribution in [0.4, 0.5) is 0 Å². The first-order chi connectivity index (χ1) is 10.9. The molecule has 0 unspecified atom stereocenters. The molecular weight excluding hydrogens is 266 g/mol. The van der Waals surface area contributed by atoms with Gasteiger partial charge in [-0.2, -0.15) is 0 Å². The minimum Gasteiger partial charge on any atom is -0.317 e. The summed E-state index contributed by atoms with van der Waals surface area (Å²) in [5, 5.41) is 3.60. The molecule has 0 aromatic heterocycles. The predicted molar refractivity (Wildman–Crippen MR) is 103 cm³/mol. The van der Waals surface area contributed by atoms with Crippen molar-refractivity contribution in [1.82, 2.24) is 5.32 Å². The number of allylic oxidation sites excluding steroid dienone is 1. The second kappa shape index (κ2) is 20.7. The van der Waals surface area contributed by atoms with Gasteiger partial charge in [-0.1, -0.05) is 90.0 Å². The van der Waals surface area contributed by atoms with Gasteiger partial charge in [0.1, 0.15) is 0 Å². The molecule has 0 aromatic rings. The van der Waals surface area contributed by atoms with E-state index in [1.807, 2.05) is 6.08 Å². The third-order valence-corrected chi connectivity index (χ3v) is 4.47. The van der Waals surface area contributed by atoms with Crippen LogP contribution < -0.4 is 5.32 Å². The highest BCUT2D eigenvalue weighted by Crippen LogP contribution is 2.09. The van der Waals surface area contributed by atoms with Gasteiger partial charge in [-0.05, 0) is 38.8 Å². The Morgan fingerprint density at radius 3 is 1.45 bits per heavy atom. The Morgan fingerprint density at radius 2 is 1.00 bits per heavy atom. The average molecular weight is 310 g/mol. The molecule has 0 aromatic carbocycles. The molecule has 22 heavy (non-hydrogen) atoms. The molecule has 0 saturated heterocycles. The highest BCUT2D eigenvalue weighted by molar-refractivity contribution is 4.65. The van der Waals surface area contributed by atoms with Crippen molar-refractivity contribution in [2.75, 3.05) is 13.1 Å². The van der Waals surface area contributed by atoms with Crippen molar-refractivity contribution in [3.05, 3.63) is 12.7 Å². The van der Waals surface area contributed by atoms with Gasteiger partial charge in [0.05, 0.1) is 0 Å². The van der Waals surface area contributed by atoms with Crippen LogP contribution in [0.15, 0.2) is 12.7 Å². The monoisotopic (exact) mass is 309 g/mol. The van der Waals surface area contributed by atoms with Gasteiger partial charge < -0.3 is 5.32 Å². The van der Waals surface area contributed by atoms with E-state index in [0.717, 1.165) is 0 Å². The zero-order valence-electron chi connectivity index (χ0n) is 15.5. The zero-order valence-corrected chi connectivity index (χ0v) is 15.5. The van der Waals surface area contributed by atoms with Crippen LogP contribution in [0.25, 0.3) is 0 Å². The van der Waals surface area contributed by atoms with E-state index in [0.29, 0.717) is 0 Å². The predicted octanol–water partition coefficient (Wildman–Crippen LogP) is 7.02. The largest absolute Gasteiger partial charge is 0.317 e. The lowest BCUT2D eigenvalue weighted by molar-refractivity contribution is 0.533. The molecule has 0 rings (SSSR count). The summed E-state index contributed by atoms with van der Waals surface area (Å²) in [5.74, 6) is 0. The maximum atomic E-state index is 3.77. The second-order valence-electron chi connectivity index (χ2n) is 6.78. The molecule has 0 spiro atoms. The molecule has 0 aliphatic heterocycles. The fourth-order valence-electron chi connectivity index (χ4n) is 2.93. The molecule has 0 radical (unpaired) electrons. The third-order valence-electron chi connectivity index (χ3n) is 4.47. The Morgan fingerprint density at radius 1 is 0.591 bits per heavy atom. The standard InChI is InChI=1S/C21H43N/c1-3-5-7-9-11-13-15-17-19-21-22-20-18-16-14-12-10-8-6-4-2/h3,22H,1,4-21H2,2H3. The lowest BCUT2D eigenvalue weighted by atomic mass is 10.1. The van der Waals surface area contributed by atoms with Crippen LogP contribution >= 0.6 is 0 Å². The van der Waals surface area contributed by atoms with Gasteiger partial charge in [-0.15, -0.1) is 6.58 Å². The summed E-state index contributed by atoms with van der Waals surface area (Å²) < 4.78 is 0. The molecular formula is C21H43N. The van der Waals surface area contributed by atoms with Gasteiger partial charge in [-0.25, -0.2) is 0 Å². The Balaban J connectivity index is 2.92. The van der Waals surface area contributed by atoms with Crippen molar-refractivity contribution in [1.29, 1.82) is 0 Å². The maximum absolute atomic E-state index is 3.77. The summed E-state index contributed by atoms with van der Waals surface area (Å²) in [5.41, 5.74) is 0. The minimum atomic E-state index is 1.20. The topological polar surface area (TPSA) is 12.0 Å². The van der Waals surface area contributed by atoms with Crippen molar-refractivity contribution in [2.45, 2.75) is 110 Å². The van der Waals surface area contributed by atoms with Crippen molar-refractivity contribution < 1.29 is 0 Å². The van der Waals surface area contributed by atoms with Gasteiger partial charge in [0, 0.05) is 0 Å². The number of hydrogen-bond donors (Lipinski definition) is 1. The molecule has 132 valence electrons. The molecule has 0 saturated carbocycles. The average Bonchev–Trinajstić information content (AvgIpc) is 2.54. The SMILES string of the molecule is C=CCCCCCCCCCNCCCCCCCCCC. The Kier molecular flexibility index (Phi) is 20.4. The van der Waals surface area contributed by atoms with Crippen molar-refractivity contribution in [2.24, 2.45) is 0 Å². The van der Waals surface area contributed by atoms with Crippen molar-refractivity contribution in [3.8, 4) is 0 Å². The Bertz CT molecular complexity index is 200. The first kappa shape index (κ1) is 21.7. The fraction of sp³-hybridized carbons (Fsp3) is 0.905. The fourth-order valence-corrected chi connectivity index (χ4v) is 2.93. The summed E-state index contributed by atoms with van der Waals surface area (Å²) in [6, 6.07) is 0. The molecule has 0 aliphatic rings. The van der Waals surface area contributed by atoms with E-state index >= 15 is 0 Å². The van der Waals surface area contributed by atoms with Gasteiger partial charge in [0.15, 0.2) is 0 Å². The maximum Gasteiger partial charge on any atom is -0.00489 e. The van der Waals surface area contributed by atoms with Crippen molar-refractivity contribution >= 4 is 0 Å². The first-order valence-electron chi connectivity index (χ1n) is 10.2. The summed E-state index contributed by atoms with van der Waals surface area (Å²) >= 11 is 0. The van der Waals surface area contributed by atoms with Crippen molar-refractivity contribution in [3.63, 3.8) is 0 Å². The summed E-state index contributed by atoms with van der Waals surface area (Å²) in [6.07, 6.45) is 24.4. The zero-order chi connectivity index (χ0) is 16.1. The normalized spacial score (nSPS) is 11.0. The molecule has 1 heteroatoms. The summed E-state index contributed by atoms with van der Waals surface area (Å²) in [6.45, 7) is 8.52. The van der Waals surface area contributed by atoms with E-state index in [4.69, 9.17) is 0 Å². The van der Waals surface area contributed by atoms with Crippen LogP contribution in [0.1, 0.15) is 110 Å². The Hall–Kier alpha value is -0.300.